The highest BCUT2D eigenvalue weighted by molar-refractivity contribution is 5.87. The van der Waals surface area contributed by atoms with E-state index in [0.717, 1.165) is 4.90 Å². The molecule has 0 aliphatic carbocycles. The molecule has 1 fully saturated rings. The lowest BCUT2D eigenvalue weighted by atomic mass is 9.91. The molecule has 0 unspecified atom stereocenters. The molecule has 0 aromatic heterocycles. The molecular weight excluding hydrogens is 379 g/mol. The minimum atomic E-state index is -1.55. The molecule has 7 nitrogen and oxygen atoms in total. The van der Waals surface area contributed by atoms with E-state index in [9.17, 15) is 24.2 Å². The maximum atomic E-state index is 13.2. The second-order valence-corrected chi connectivity index (χ2v) is 8.98. The van der Waals surface area contributed by atoms with Gasteiger partial charge < -0.3 is 19.8 Å². The molecule has 2 rings (SSSR count). The van der Waals surface area contributed by atoms with Crippen LogP contribution in [0.5, 0.6) is 5.75 Å². The number of nitrogens with zero attached hydrogens (tertiary/aromatic N) is 2. The number of piperidine rings is 1. The number of carbonyl (C=O) groups is 2. The van der Waals surface area contributed by atoms with Gasteiger partial charge in [-0.1, -0.05) is 0 Å². The first-order valence-electron chi connectivity index (χ1n) is 9.76. The highest BCUT2D eigenvalue weighted by atomic mass is 19.1. The van der Waals surface area contributed by atoms with Crippen molar-refractivity contribution in [3.05, 3.63) is 30.1 Å². The molecule has 0 radical (unpaired) electrons. The van der Waals surface area contributed by atoms with Crippen molar-refractivity contribution in [3.8, 4) is 5.75 Å². The monoisotopic (exact) mass is 410 g/mol. The van der Waals surface area contributed by atoms with Crippen LogP contribution in [0.1, 0.15) is 47.5 Å². The Labute approximate surface area is 171 Å². The van der Waals surface area contributed by atoms with E-state index in [1.807, 2.05) is 0 Å². The van der Waals surface area contributed by atoms with E-state index in [4.69, 9.17) is 4.74 Å². The van der Waals surface area contributed by atoms with Gasteiger partial charge in [-0.25, -0.2) is 9.18 Å². The summed E-state index contributed by atoms with van der Waals surface area (Å²) < 4.78 is 18.9. The van der Waals surface area contributed by atoms with Crippen LogP contribution in [0.25, 0.3) is 0 Å². The fourth-order valence-corrected chi connectivity index (χ4v) is 3.59. The molecule has 162 valence electrons. The van der Waals surface area contributed by atoms with Crippen molar-refractivity contribution in [3.63, 3.8) is 0 Å². The van der Waals surface area contributed by atoms with Gasteiger partial charge in [0, 0.05) is 31.5 Å². The lowest BCUT2D eigenvalue weighted by Crippen LogP contribution is -2.65. The number of aliphatic hydroxyl groups is 1. The fraction of sp³-hybridized carbons (Fsp3) is 0.619. The van der Waals surface area contributed by atoms with E-state index >= 15 is 0 Å². The largest absolute Gasteiger partial charge is 0.490 e. The van der Waals surface area contributed by atoms with Gasteiger partial charge in [0.15, 0.2) is 0 Å². The number of benzene rings is 1. The number of rotatable bonds is 5. The number of carbonyl (C=O) groups excluding carboxylic acids is 1. The smallest absolute Gasteiger partial charge is 0.408 e. The van der Waals surface area contributed by atoms with Gasteiger partial charge in [0.25, 0.3) is 0 Å². The van der Waals surface area contributed by atoms with Crippen molar-refractivity contribution >= 4 is 12.0 Å². The molecule has 29 heavy (non-hydrogen) atoms. The summed E-state index contributed by atoms with van der Waals surface area (Å²) in [5, 5.41) is 20.3. The molecule has 1 aromatic rings. The van der Waals surface area contributed by atoms with E-state index in [1.165, 1.54) is 26.0 Å². The Morgan fingerprint density at radius 3 is 2.07 bits per heavy atom. The molecule has 0 spiro atoms. The molecule has 1 saturated heterocycles. The lowest BCUT2D eigenvalue weighted by Gasteiger charge is -2.46. The van der Waals surface area contributed by atoms with Crippen molar-refractivity contribution in [2.24, 2.45) is 0 Å². The number of hydrogen-bond donors (Lipinski definition) is 2. The molecule has 1 aliphatic rings. The highest BCUT2D eigenvalue weighted by Crippen LogP contribution is 2.28. The van der Waals surface area contributed by atoms with Crippen LogP contribution in [0.4, 0.5) is 9.18 Å². The summed E-state index contributed by atoms with van der Waals surface area (Å²) in [6.45, 7) is 8.73. The number of hydrogen-bond acceptors (Lipinski definition) is 4. The third-order valence-electron chi connectivity index (χ3n) is 4.96. The number of carboxylic acid groups (broad SMARTS) is 1. The maximum absolute atomic E-state index is 13.2. The van der Waals surface area contributed by atoms with Crippen LogP contribution in [0, 0.1) is 5.82 Å². The zero-order valence-electron chi connectivity index (χ0n) is 17.7. The minimum Gasteiger partial charge on any atom is -0.490 e. The van der Waals surface area contributed by atoms with E-state index in [0.29, 0.717) is 31.7 Å². The van der Waals surface area contributed by atoms with Crippen LogP contribution in [0.3, 0.4) is 0 Å². The SMILES string of the molecule is CC(C)(O)[C@@H](C(=O)N1CCC(Oc2ccc(F)cc2)CC1)N(C(=O)O)C(C)(C)C. The standard InChI is InChI=1S/C21H31FN2O5/c1-20(2,3)24(19(26)27)17(21(4,5)28)18(25)23-12-10-16(11-13-23)29-15-8-6-14(22)7-9-15/h6-9,16-17,28H,10-13H2,1-5H3,(H,26,27)/t17-/m1/s1. The van der Waals surface area contributed by atoms with Crippen LogP contribution in [-0.4, -0.2) is 68.4 Å². The second-order valence-electron chi connectivity index (χ2n) is 8.98. The molecule has 8 heteroatoms. The van der Waals surface area contributed by atoms with Crippen molar-refractivity contribution in [2.75, 3.05) is 13.1 Å². The van der Waals surface area contributed by atoms with Gasteiger partial charge in [-0.15, -0.1) is 0 Å². The van der Waals surface area contributed by atoms with Crippen LogP contribution >= 0.6 is 0 Å². The number of likely N-dealkylation sites (tertiary alicyclic amines) is 1. The predicted molar refractivity (Wildman–Crippen MR) is 106 cm³/mol. The molecule has 1 heterocycles. The lowest BCUT2D eigenvalue weighted by molar-refractivity contribution is -0.150. The number of halogens is 1. The summed E-state index contributed by atoms with van der Waals surface area (Å²) in [6, 6.07) is 4.55. The summed E-state index contributed by atoms with van der Waals surface area (Å²) in [7, 11) is 0. The average molecular weight is 410 g/mol. The molecule has 2 N–H and O–H groups in total. The fourth-order valence-electron chi connectivity index (χ4n) is 3.59. The van der Waals surface area contributed by atoms with E-state index in [1.54, 1.807) is 37.8 Å². The highest BCUT2D eigenvalue weighted by Gasteiger charge is 2.47. The van der Waals surface area contributed by atoms with Crippen molar-refractivity contribution in [2.45, 2.75) is 70.7 Å². The summed E-state index contributed by atoms with van der Waals surface area (Å²) in [5.41, 5.74) is -2.42. The molecular formula is C21H31FN2O5. The minimum absolute atomic E-state index is 0.122. The Balaban J connectivity index is 2.09. The molecule has 0 bridgehead atoms. The molecule has 1 aliphatic heterocycles. The molecule has 1 atom stereocenters. The topological polar surface area (TPSA) is 90.3 Å². The Bertz CT molecular complexity index is 716. The van der Waals surface area contributed by atoms with Gasteiger partial charge in [-0.05, 0) is 58.9 Å². The van der Waals surface area contributed by atoms with Crippen LogP contribution in [0.2, 0.25) is 0 Å². The van der Waals surface area contributed by atoms with Gasteiger partial charge in [0.05, 0.1) is 5.60 Å². The third kappa shape index (κ3) is 5.82. The molecule has 2 amide bonds. The van der Waals surface area contributed by atoms with Gasteiger partial charge >= 0.3 is 6.09 Å². The molecule has 0 saturated carbocycles. The van der Waals surface area contributed by atoms with Crippen LogP contribution in [-0.2, 0) is 4.79 Å². The van der Waals surface area contributed by atoms with Gasteiger partial charge in [0.1, 0.15) is 23.7 Å². The third-order valence-corrected chi connectivity index (χ3v) is 4.96. The first-order chi connectivity index (χ1) is 13.3. The van der Waals surface area contributed by atoms with Crippen LogP contribution < -0.4 is 4.74 Å². The van der Waals surface area contributed by atoms with Gasteiger partial charge in [-0.2, -0.15) is 0 Å². The summed E-state index contributed by atoms with van der Waals surface area (Å²) in [5.74, 6) is -0.192. The predicted octanol–water partition coefficient (Wildman–Crippen LogP) is 3.11. The zero-order valence-corrected chi connectivity index (χ0v) is 17.7. The zero-order chi connectivity index (χ0) is 22.0. The average Bonchev–Trinajstić information content (AvgIpc) is 2.59. The Morgan fingerprint density at radius 2 is 1.66 bits per heavy atom. The van der Waals surface area contributed by atoms with Crippen molar-refractivity contribution < 1.29 is 28.9 Å². The van der Waals surface area contributed by atoms with E-state index in [-0.39, 0.29) is 11.9 Å². The van der Waals surface area contributed by atoms with E-state index in [2.05, 4.69) is 0 Å². The summed E-state index contributed by atoms with van der Waals surface area (Å²) >= 11 is 0. The summed E-state index contributed by atoms with van der Waals surface area (Å²) in [4.78, 5) is 27.7. The van der Waals surface area contributed by atoms with Gasteiger partial charge in [-0.3, -0.25) is 9.69 Å². The van der Waals surface area contributed by atoms with Gasteiger partial charge in [0.2, 0.25) is 5.91 Å². The maximum Gasteiger partial charge on any atom is 0.408 e. The quantitative estimate of drug-likeness (QED) is 0.778. The van der Waals surface area contributed by atoms with Crippen LogP contribution in [0.15, 0.2) is 24.3 Å². The molecule has 1 aromatic carbocycles. The second kappa shape index (κ2) is 8.57. The van der Waals surface area contributed by atoms with E-state index < -0.39 is 29.2 Å². The summed E-state index contributed by atoms with van der Waals surface area (Å²) in [6.07, 6.45) is -0.259. The van der Waals surface area contributed by atoms with Crippen molar-refractivity contribution in [1.82, 2.24) is 9.80 Å². The number of ether oxygens (including phenoxy) is 1. The normalized spacial score (nSPS) is 17.0. The Morgan fingerprint density at radius 1 is 1.14 bits per heavy atom. The van der Waals surface area contributed by atoms with Crippen molar-refractivity contribution in [1.29, 1.82) is 0 Å². The first kappa shape index (κ1) is 22.9. The Kier molecular flexibility index (Phi) is 6.78. The number of amides is 2. The first-order valence-corrected chi connectivity index (χ1v) is 9.76. The Hall–Kier alpha value is -2.35.